The molecule has 0 amide bonds. The summed E-state index contributed by atoms with van der Waals surface area (Å²) in [7, 11) is 0. The van der Waals surface area contributed by atoms with Gasteiger partial charge in [-0.05, 0) is 146 Å². The van der Waals surface area contributed by atoms with Gasteiger partial charge in [-0.1, -0.05) is 84.9 Å². The van der Waals surface area contributed by atoms with Crippen LogP contribution >= 0.6 is 0 Å². The molecule has 0 heteroatoms. The maximum Gasteiger partial charge on any atom is -0.00197 e. The highest BCUT2D eigenvalue weighted by molar-refractivity contribution is 6.39. The van der Waals surface area contributed by atoms with E-state index in [9.17, 15) is 0 Å². The van der Waals surface area contributed by atoms with Gasteiger partial charge in [-0.15, -0.1) is 0 Å². The largest absolute Gasteiger partial charge is 0.0616 e. The second-order valence-corrected chi connectivity index (χ2v) is 11.7. The molecular weight excluding hydrogens is 480 g/mol. The monoisotopic (exact) mass is 504 g/mol. The van der Waals surface area contributed by atoms with Crippen LogP contribution in [0.4, 0.5) is 0 Å². The predicted octanol–water partition coefficient (Wildman–Crippen LogP) is 11.6. The summed E-state index contributed by atoms with van der Waals surface area (Å²) in [5.41, 5.74) is 2.78. The number of hydrogen-bond donors (Lipinski definition) is 0. The summed E-state index contributed by atoms with van der Waals surface area (Å²) in [6.45, 7) is 4.69. The Kier molecular flexibility index (Phi) is 3.65. The van der Waals surface area contributed by atoms with Crippen LogP contribution in [-0.2, 0) is 0 Å². The molecule has 40 heavy (non-hydrogen) atoms. The summed E-state index contributed by atoms with van der Waals surface area (Å²) < 4.78 is 0. The van der Waals surface area contributed by atoms with Crippen LogP contribution in [0.25, 0.3) is 97.0 Å². The van der Waals surface area contributed by atoms with E-state index in [1.165, 1.54) is 108 Å². The molecular formula is C40H24. The van der Waals surface area contributed by atoms with Gasteiger partial charge < -0.3 is 0 Å². The first-order valence-electron chi connectivity index (χ1n) is 14.2. The molecule has 10 rings (SSSR count). The van der Waals surface area contributed by atoms with E-state index in [0.717, 1.165) is 0 Å². The standard InChI is InChI=1S/C40H24/c1-21-32-20-34-33(29-15-7-13-27-25-11-5-3-9-23(25)17-35(34)39(27)29)19-31(32)22(2)38-36-18-24-10-4-6-12-26(24)28-14-8-16-30(37(21)38)40(28)36/h3-20H,1-2H3. The van der Waals surface area contributed by atoms with Gasteiger partial charge >= 0.3 is 0 Å². The normalized spacial score (nSPS) is 12.8. The van der Waals surface area contributed by atoms with E-state index in [1.807, 2.05) is 0 Å². The lowest BCUT2D eigenvalue weighted by Crippen LogP contribution is -1.86. The molecule has 0 saturated heterocycles. The number of benzene rings is 8. The van der Waals surface area contributed by atoms with Crippen LogP contribution in [0.15, 0.2) is 109 Å². The lowest BCUT2D eigenvalue weighted by molar-refractivity contribution is 1.56. The van der Waals surface area contributed by atoms with Gasteiger partial charge in [0.25, 0.3) is 0 Å². The molecule has 0 unspecified atom stereocenters. The number of hydrogen-bond acceptors (Lipinski definition) is 0. The fourth-order valence-corrected chi connectivity index (χ4v) is 8.15. The second-order valence-electron chi connectivity index (χ2n) is 11.7. The van der Waals surface area contributed by atoms with Crippen molar-refractivity contribution in [3.8, 4) is 0 Å². The molecule has 0 fully saturated rings. The van der Waals surface area contributed by atoms with E-state index >= 15 is 0 Å². The van der Waals surface area contributed by atoms with Crippen LogP contribution < -0.4 is 0 Å². The van der Waals surface area contributed by atoms with Gasteiger partial charge in [0.15, 0.2) is 0 Å². The topological polar surface area (TPSA) is 0 Å². The van der Waals surface area contributed by atoms with Gasteiger partial charge in [0, 0.05) is 0 Å². The van der Waals surface area contributed by atoms with Crippen molar-refractivity contribution in [2.45, 2.75) is 13.8 Å². The Hall–Kier alpha value is -4.94. The summed E-state index contributed by atoms with van der Waals surface area (Å²) in [5, 5.41) is 24.6. The number of aryl methyl sites for hydroxylation is 2. The molecule has 0 spiro atoms. The third-order valence-corrected chi connectivity index (χ3v) is 9.85. The Morgan fingerprint density at radius 1 is 0.275 bits per heavy atom. The number of rotatable bonds is 0. The maximum atomic E-state index is 2.50. The summed E-state index contributed by atoms with van der Waals surface area (Å²) in [6, 6.07) is 41.2. The third-order valence-electron chi connectivity index (χ3n) is 9.85. The zero-order valence-corrected chi connectivity index (χ0v) is 22.4. The first-order valence-corrected chi connectivity index (χ1v) is 14.2. The first kappa shape index (κ1) is 21.0. The van der Waals surface area contributed by atoms with Gasteiger partial charge in [0.1, 0.15) is 0 Å². The fourth-order valence-electron chi connectivity index (χ4n) is 8.15. The lowest BCUT2D eigenvalue weighted by Gasteiger charge is -2.11. The summed E-state index contributed by atoms with van der Waals surface area (Å²) in [5.74, 6) is 0. The minimum absolute atomic E-state index is 1.31. The first-order chi connectivity index (χ1) is 19.7. The molecule has 10 aromatic carbocycles. The molecule has 0 aliphatic carbocycles. The smallest absolute Gasteiger partial charge is 0.00197 e. The highest BCUT2D eigenvalue weighted by Gasteiger charge is 2.21. The van der Waals surface area contributed by atoms with E-state index < -0.39 is 0 Å². The molecule has 0 atom stereocenters. The SMILES string of the molecule is Cc1c2cc3c(cc2c(C)c2c4cc5ccccc5c5cccc(c12)c54)c1cccc2c4ccccc4cc3c21. The number of fused-ring (bicyclic) bond motifs is 11. The highest BCUT2D eigenvalue weighted by atomic mass is 14.2. The van der Waals surface area contributed by atoms with Crippen molar-refractivity contribution in [2.24, 2.45) is 0 Å². The average Bonchev–Trinajstić information content (AvgIpc) is 3.50. The molecule has 0 aromatic heterocycles. The van der Waals surface area contributed by atoms with Gasteiger partial charge in [-0.25, -0.2) is 0 Å². The molecule has 0 heterocycles. The molecule has 10 aromatic rings. The molecule has 0 bridgehead atoms. The van der Waals surface area contributed by atoms with E-state index in [2.05, 4.69) is 123 Å². The van der Waals surface area contributed by atoms with Crippen molar-refractivity contribution in [3.63, 3.8) is 0 Å². The van der Waals surface area contributed by atoms with Crippen LogP contribution in [0.2, 0.25) is 0 Å². The fraction of sp³-hybridized carbons (Fsp3) is 0.0500. The van der Waals surface area contributed by atoms with Gasteiger partial charge in [-0.3, -0.25) is 0 Å². The Morgan fingerprint density at radius 3 is 1.32 bits per heavy atom. The Balaban J connectivity index is 1.46. The van der Waals surface area contributed by atoms with Gasteiger partial charge in [0.05, 0.1) is 0 Å². The summed E-state index contributed by atoms with van der Waals surface area (Å²) in [6.07, 6.45) is 0. The van der Waals surface area contributed by atoms with Gasteiger partial charge in [-0.2, -0.15) is 0 Å². The van der Waals surface area contributed by atoms with E-state index in [0.29, 0.717) is 0 Å². The molecule has 0 radical (unpaired) electrons. The minimum atomic E-state index is 1.31. The van der Waals surface area contributed by atoms with Crippen molar-refractivity contribution in [3.05, 3.63) is 120 Å². The van der Waals surface area contributed by atoms with Gasteiger partial charge in [0.2, 0.25) is 0 Å². The Bertz CT molecular complexity index is 2710. The predicted molar refractivity (Wildman–Crippen MR) is 176 cm³/mol. The maximum absolute atomic E-state index is 2.50. The zero-order chi connectivity index (χ0) is 26.3. The van der Waals surface area contributed by atoms with Crippen molar-refractivity contribution in [2.75, 3.05) is 0 Å². The average molecular weight is 505 g/mol. The van der Waals surface area contributed by atoms with Crippen molar-refractivity contribution in [1.82, 2.24) is 0 Å². The Morgan fingerprint density at radius 2 is 0.700 bits per heavy atom. The van der Waals surface area contributed by atoms with Crippen LogP contribution in [0, 0.1) is 13.8 Å². The lowest BCUT2D eigenvalue weighted by atomic mass is 9.92. The van der Waals surface area contributed by atoms with Crippen LogP contribution in [-0.4, -0.2) is 0 Å². The van der Waals surface area contributed by atoms with E-state index in [1.54, 1.807) is 0 Å². The molecule has 0 nitrogen and oxygen atoms in total. The van der Waals surface area contributed by atoms with Crippen molar-refractivity contribution < 1.29 is 0 Å². The quantitative estimate of drug-likeness (QED) is 0.180. The highest BCUT2D eigenvalue weighted by Crippen LogP contribution is 2.49. The van der Waals surface area contributed by atoms with E-state index in [-0.39, 0.29) is 0 Å². The molecule has 184 valence electrons. The van der Waals surface area contributed by atoms with E-state index in [4.69, 9.17) is 0 Å². The van der Waals surface area contributed by atoms with Crippen LogP contribution in [0.5, 0.6) is 0 Å². The van der Waals surface area contributed by atoms with Crippen molar-refractivity contribution in [1.29, 1.82) is 0 Å². The summed E-state index contributed by atoms with van der Waals surface area (Å²) >= 11 is 0. The Labute approximate surface area is 230 Å². The molecule has 0 aliphatic heterocycles. The van der Waals surface area contributed by atoms with Crippen LogP contribution in [0.1, 0.15) is 11.1 Å². The zero-order valence-electron chi connectivity index (χ0n) is 22.4. The van der Waals surface area contributed by atoms with Crippen LogP contribution in [0.3, 0.4) is 0 Å². The third kappa shape index (κ3) is 2.32. The molecule has 0 saturated carbocycles. The minimum Gasteiger partial charge on any atom is -0.0616 e. The summed E-state index contributed by atoms with van der Waals surface area (Å²) in [4.78, 5) is 0. The molecule has 0 aliphatic rings. The van der Waals surface area contributed by atoms with Crippen molar-refractivity contribution >= 4 is 97.0 Å². The molecule has 0 N–H and O–H groups in total. The second kappa shape index (κ2) is 6.97.